The minimum Gasteiger partial charge on any atom is -0.454 e. The maximum absolute atomic E-state index is 5.43. The first-order valence-corrected chi connectivity index (χ1v) is 7.88. The van der Waals surface area contributed by atoms with Crippen LogP contribution in [0.25, 0.3) is 11.3 Å². The second-order valence-electron chi connectivity index (χ2n) is 5.81. The van der Waals surface area contributed by atoms with Crippen molar-refractivity contribution in [3.05, 3.63) is 30.5 Å². The van der Waals surface area contributed by atoms with Crippen molar-refractivity contribution in [2.24, 2.45) is 0 Å². The number of rotatable bonds is 3. The smallest absolute Gasteiger partial charge is 0.231 e. The standard InChI is InChI=1S/C17H19N3O2/c1-2-4-13(5-3-1)19-17-18-9-8-14(20-17)12-6-7-15-16(10-12)22-11-21-15/h6-10,13H,1-5,11H2,(H,18,19,20). The van der Waals surface area contributed by atoms with Crippen LogP contribution in [-0.4, -0.2) is 22.8 Å². The molecule has 0 saturated heterocycles. The van der Waals surface area contributed by atoms with Crippen molar-refractivity contribution in [1.82, 2.24) is 9.97 Å². The summed E-state index contributed by atoms with van der Waals surface area (Å²) in [6, 6.07) is 8.31. The van der Waals surface area contributed by atoms with E-state index < -0.39 is 0 Å². The predicted octanol–water partition coefficient (Wildman–Crippen LogP) is 3.62. The summed E-state index contributed by atoms with van der Waals surface area (Å²) in [5.74, 6) is 2.28. The fourth-order valence-corrected chi connectivity index (χ4v) is 3.07. The van der Waals surface area contributed by atoms with Crippen molar-refractivity contribution in [3.8, 4) is 22.8 Å². The highest BCUT2D eigenvalue weighted by molar-refractivity contribution is 5.65. The molecule has 5 nitrogen and oxygen atoms in total. The second-order valence-corrected chi connectivity index (χ2v) is 5.81. The molecule has 1 fully saturated rings. The maximum Gasteiger partial charge on any atom is 0.231 e. The van der Waals surface area contributed by atoms with E-state index in [0.717, 1.165) is 22.8 Å². The highest BCUT2D eigenvalue weighted by Crippen LogP contribution is 2.35. The Kier molecular flexibility index (Phi) is 3.54. The molecule has 114 valence electrons. The highest BCUT2D eigenvalue weighted by Gasteiger charge is 2.16. The summed E-state index contributed by atoms with van der Waals surface area (Å²) < 4.78 is 10.8. The molecule has 0 spiro atoms. The van der Waals surface area contributed by atoms with Crippen LogP contribution in [0.15, 0.2) is 30.5 Å². The van der Waals surface area contributed by atoms with Gasteiger partial charge in [0.1, 0.15) is 0 Å². The van der Waals surface area contributed by atoms with Gasteiger partial charge in [-0.1, -0.05) is 19.3 Å². The Labute approximate surface area is 129 Å². The molecular formula is C17H19N3O2. The van der Waals surface area contributed by atoms with Crippen LogP contribution < -0.4 is 14.8 Å². The zero-order chi connectivity index (χ0) is 14.8. The Morgan fingerprint density at radius 1 is 1.00 bits per heavy atom. The summed E-state index contributed by atoms with van der Waals surface area (Å²) in [6.07, 6.45) is 8.14. The third-order valence-electron chi connectivity index (χ3n) is 4.26. The van der Waals surface area contributed by atoms with Gasteiger partial charge in [-0.25, -0.2) is 9.97 Å². The molecule has 1 N–H and O–H groups in total. The summed E-state index contributed by atoms with van der Waals surface area (Å²) in [5.41, 5.74) is 1.91. The van der Waals surface area contributed by atoms with E-state index in [1.165, 1.54) is 32.1 Å². The number of ether oxygens (including phenoxy) is 2. The van der Waals surface area contributed by atoms with Crippen LogP contribution in [0.3, 0.4) is 0 Å². The average molecular weight is 297 g/mol. The van der Waals surface area contributed by atoms with Crippen molar-refractivity contribution < 1.29 is 9.47 Å². The summed E-state index contributed by atoms with van der Waals surface area (Å²) in [7, 11) is 0. The van der Waals surface area contributed by atoms with Crippen LogP contribution in [0.1, 0.15) is 32.1 Å². The molecule has 4 rings (SSSR count). The van der Waals surface area contributed by atoms with Gasteiger partial charge in [-0.2, -0.15) is 0 Å². The van der Waals surface area contributed by atoms with Crippen molar-refractivity contribution in [3.63, 3.8) is 0 Å². The lowest BCUT2D eigenvalue weighted by atomic mass is 9.96. The molecule has 0 radical (unpaired) electrons. The molecule has 1 saturated carbocycles. The van der Waals surface area contributed by atoms with Gasteiger partial charge in [-0.3, -0.25) is 0 Å². The number of nitrogens with one attached hydrogen (secondary N) is 1. The first kappa shape index (κ1) is 13.4. The van der Waals surface area contributed by atoms with E-state index in [4.69, 9.17) is 9.47 Å². The fourth-order valence-electron chi connectivity index (χ4n) is 3.07. The Balaban J connectivity index is 1.56. The van der Waals surface area contributed by atoms with Gasteiger partial charge >= 0.3 is 0 Å². The lowest BCUT2D eigenvalue weighted by molar-refractivity contribution is 0.174. The molecule has 1 aromatic heterocycles. The molecular weight excluding hydrogens is 278 g/mol. The number of aromatic nitrogens is 2. The highest BCUT2D eigenvalue weighted by atomic mass is 16.7. The van der Waals surface area contributed by atoms with E-state index in [9.17, 15) is 0 Å². The fraction of sp³-hybridized carbons (Fsp3) is 0.412. The Bertz CT molecular complexity index is 669. The Morgan fingerprint density at radius 2 is 1.86 bits per heavy atom. The average Bonchev–Trinajstić information content (AvgIpc) is 3.04. The van der Waals surface area contributed by atoms with Gasteiger partial charge in [0.15, 0.2) is 11.5 Å². The van der Waals surface area contributed by atoms with Crippen molar-refractivity contribution in [2.75, 3.05) is 12.1 Å². The van der Waals surface area contributed by atoms with Gasteiger partial charge in [0.05, 0.1) is 5.69 Å². The number of hydrogen-bond donors (Lipinski definition) is 1. The quantitative estimate of drug-likeness (QED) is 0.937. The minimum absolute atomic E-state index is 0.289. The molecule has 0 unspecified atom stereocenters. The van der Waals surface area contributed by atoms with Gasteiger partial charge in [0.25, 0.3) is 0 Å². The minimum atomic E-state index is 0.289. The van der Waals surface area contributed by atoms with Crippen LogP contribution in [0.5, 0.6) is 11.5 Å². The summed E-state index contributed by atoms with van der Waals surface area (Å²) in [4.78, 5) is 9.00. The number of hydrogen-bond acceptors (Lipinski definition) is 5. The molecule has 22 heavy (non-hydrogen) atoms. The van der Waals surface area contributed by atoms with Crippen molar-refractivity contribution in [2.45, 2.75) is 38.1 Å². The topological polar surface area (TPSA) is 56.3 Å². The Morgan fingerprint density at radius 3 is 2.77 bits per heavy atom. The van der Waals surface area contributed by atoms with E-state index in [-0.39, 0.29) is 6.79 Å². The lowest BCUT2D eigenvalue weighted by Crippen LogP contribution is -2.23. The Hall–Kier alpha value is -2.30. The molecule has 0 atom stereocenters. The molecule has 2 aliphatic rings. The number of nitrogens with zero attached hydrogens (tertiary/aromatic N) is 2. The molecule has 0 amide bonds. The zero-order valence-electron chi connectivity index (χ0n) is 12.4. The summed E-state index contributed by atoms with van der Waals surface area (Å²) in [6.45, 7) is 0.289. The van der Waals surface area contributed by atoms with Crippen LogP contribution in [0.2, 0.25) is 0 Å². The number of benzene rings is 1. The number of anilines is 1. The first-order valence-electron chi connectivity index (χ1n) is 7.88. The van der Waals surface area contributed by atoms with E-state index in [0.29, 0.717) is 12.0 Å². The SMILES string of the molecule is c1cc(-c2ccc3c(c2)OCO3)nc(NC2CCCCC2)n1. The molecule has 0 bridgehead atoms. The van der Waals surface area contributed by atoms with Gasteiger partial charge in [-0.15, -0.1) is 0 Å². The molecule has 2 aromatic rings. The van der Waals surface area contributed by atoms with Crippen molar-refractivity contribution in [1.29, 1.82) is 0 Å². The predicted molar refractivity (Wildman–Crippen MR) is 84.1 cm³/mol. The monoisotopic (exact) mass is 297 g/mol. The van der Waals surface area contributed by atoms with Gasteiger partial charge in [0.2, 0.25) is 12.7 Å². The summed E-state index contributed by atoms with van der Waals surface area (Å²) >= 11 is 0. The van der Waals surface area contributed by atoms with E-state index in [1.807, 2.05) is 24.3 Å². The molecule has 5 heteroatoms. The van der Waals surface area contributed by atoms with Gasteiger partial charge in [0, 0.05) is 17.8 Å². The van der Waals surface area contributed by atoms with Crippen molar-refractivity contribution >= 4 is 5.95 Å². The normalized spacial score (nSPS) is 17.5. The summed E-state index contributed by atoms with van der Waals surface area (Å²) in [5, 5.41) is 3.47. The molecule has 1 aliphatic carbocycles. The van der Waals surface area contributed by atoms with E-state index >= 15 is 0 Å². The molecule has 1 aromatic carbocycles. The first-order chi connectivity index (χ1) is 10.9. The van der Waals surface area contributed by atoms with E-state index in [1.54, 1.807) is 6.20 Å². The third-order valence-corrected chi connectivity index (χ3v) is 4.26. The third kappa shape index (κ3) is 2.71. The molecule has 1 aliphatic heterocycles. The number of fused-ring (bicyclic) bond motifs is 1. The lowest BCUT2D eigenvalue weighted by Gasteiger charge is -2.22. The van der Waals surface area contributed by atoms with Gasteiger partial charge in [-0.05, 0) is 37.1 Å². The maximum atomic E-state index is 5.43. The molecule has 2 heterocycles. The van der Waals surface area contributed by atoms with Crippen LogP contribution >= 0.6 is 0 Å². The zero-order valence-corrected chi connectivity index (χ0v) is 12.4. The van der Waals surface area contributed by atoms with E-state index in [2.05, 4.69) is 15.3 Å². The largest absolute Gasteiger partial charge is 0.454 e. The van der Waals surface area contributed by atoms with Crippen LogP contribution in [-0.2, 0) is 0 Å². The van der Waals surface area contributed by atoms with Gasteiger partial charge < -0.3 is 14.8 Å². The van der Waals surface area contributed by atoms with Crippen LogP contribution in [0.4, 0.5) is 5.95 Å². The van der Waals surface area contributed by atoms with Crippen LogP contribution in [0, 0.1) is 0 Å². The second kappa shape index (κ2) is 5.83.